The molecule has 2 saturated heterocycles. The Hall–Kier alpha value is -1.64. The molecule has 0 aromatic heterocycles. The first kappa shape index (κ1) is 22.1. The zero-order valence-corrected chi connectivity index (χ0v) is 18.4. The summed E-state index contributed by atoms with van der Waals surface area (Å²) in [6.07, 6.45) is -1.01. The first-order valence-electron chi connectivity index (χ1n) is 10.0. The van der Waals surface area contributed by atoms with Crippen molar-refractivity contribution in [2.75, 3.05) is 19.7 Å². The Morgan fingerprint density at radius 2 is 1.83 bits per heavy atom. The second kappa shape index (κ2) is 7.56. The van der Waals surface area contributed by atoms with Crippen molar-refractivity contribution in [1.29, 1.82) is 0 Å². The summed E-state index contributed by atoms with van der Waals surface area (Å²) in [4.78, 5) is 14.0. The van der Waals surface area contributed by atoms with Gasteiger partial charge < -0.3 is 23.7 Å². The van der Waals surface area contributed by atoms with Crippen molar-refractivity contribution >= 4 is 18.7 Å². The smallest absolute Gasteiger partial charge is 0.444 e. The quantitative estimate of drug-likeness (QED) is 0.704. The maximum absolute atomic E-state index is 14.6. The van der Waals surface area contributed by atoms with Crippen LogP contribution in [0, 0.1) is 5.82 Å². The van der Waals surface area contributed by atoms with E-state index in [1.807, 2.05) is 48.5 Å². The highest BCUT2D eigenvalue weighted by Gasteiger charge is 2.51. The summed E-state index contributed by atoms with van der Waals surface area (Å²) < 4.78 is 38.0. The second-order valence-electron chi connectivity index (χ2n) is 9.65. The monoisotopic (exact) mass is 407 g/mol. The third-order valence-electron chi connectivity index (χ3n) is 5.61. The lowest BCUT2D eigenvalue weighted by atomic mass is 9.78. The van der Waals surface area contributed by atoms with Gasteiger partial charge in [0.2, 0.25) is 0 Å². The van der Waals surface area contributed by atoms with Gasteiger partial charge in [0.05, 0.1) is 24.4 Å². The molecule has 2 heterocycles. The first-order chi connectivity index (χ1) is 13.3. The van der Waals surface area contributed by atoms with Gasteiger partial charge in [0.25, 0.3) is 0 Å². The Morgan fingerprint density at radius 3 is 2.41 bits per heavy atom. The lowest BCUT2D eigenvalue weighted by Crippen LogP contribution is -2.45. The summed E-state index contributed by atoms with van der Waals surface area (Å²) >= 11 is 0. The summed E-state index contributed by atoms with van der Waals surface area (Å²) in [6, 6.07) is 4.77. The molecule has 2 aliphatic rings. The lowest BCUT2D eigenvalue weighted by Gasteiger charge is -2.34. The minimum atomic E-state index is -0.593. The molecular weight excluding hydrogens is 376 g/mol. The molecule has 1 aromatic rings. The van der Waals surface area contributed by atoms with E-state index in [1.165, 1.54) is 6.07 Å². The molecule has 1 unspecified atom stereocenters. The molecule has 0 saturated carbocycles. The van der Waals surface area contributed by atoms with E-state index >= 15 is 0 Å². The Morgan fingerprint density at radius 1 is 1.21 bits per heavy atom. The molecule has 3 rings (SSSR count). The third-order valence-corrected chi connectivity index (χ3v) is 5.61. The SMILES string of the molecule is CC(C)(C)OC(=O)N1CCOC(c2cc(B3OC(C)(C)C(C)(C)O3)ccc2F)C1. The molecule has 0 radical (unpaired) electrons. The zero-order valence-electron chi connectivity index (χ0n) is 18.4. The molecule has 29 heavy (non-hydrogen) atoms. The van der Waals surface area contributed by atoms with Crippen LogP contribution in [0.4, 0.5) is 9.18 Å². The van der Waals surface area contributed by atoms with Crippen molar-refractivity contribution < 1.29 is 28.0 Å². The molecule has 0 N–H and O–H groups in total. The minimum Gasteiger partial charge on any atom is -0.444 e. The van der Waals surface area contributed by atoms with Gasteiger partial charge in [-0.1, -0.05) is 12.1 Å². The van der Waals surface area contributed by atoms with Gasteiger partial charge in [-0.3, -0.25) is 0 Å². The highest BCUT2D eigenvalue weighted by Crippen LogP contribution is 2.37. The van der Waals surface area contributed by atoms with Crippen LogP contribution in [0.5, 0.6) is 0 Å². The molecular formula is C21H31BFNO5. The van der Waals surface area contributed by atoms with E-state index in [0.717, 1.165) is 5.46 Å². The molecule has 8 heteroatoms. The number of hydrogen-bond acceptors (Lipinski definition) is 5. The largest absolute Gasteiger partial charge is 0.494 e. The predicted octanol–water partition coefficient (Wildman–Crippen LogP) is 3.43. The van der Waals surface area contributed by atoms with Crippen LogP contribution in [0.2, 0.25) is 0 Å². The number of benzene rings is 1. The molecule has 2 fully saturated rings. The normalized spacial score (nSPS) is 23.9. The number of morpholine rings is 1. The minimum absolute atomic E-state index is 0.221. The van der Waals surface area contributed by atoms with Gasteiger partial charge in [0.15, 0.2) is 0 Å². The maximum Gasteiger partial charge on any atom is 0.494 e. The Labute approximate surface area is 172 Å². The van der Waals surface area contributed by atoms with Gasteiger partial charge >= 0.3 is 13.2 Å². The van der Waals surface area contributed by atoms with Gasteiger partial charge in [0.1, 0.15) is 17.5 Å². The summed E-state index contributed by atoms with van der Waals surface area (Å²) in [6.45, 7) is 14.3. The van der Waals surface area contributed by atoms with Crippen LogP contribution in [0.3, 0.4) is 0 Å². The summed E-state index contributed by atoms with van der Waals surface area (Å²) in [5.74, 6) is -0.388. The summed E-state index contributed by atoms with van der Waals surface area (Å²) in [7, 11) is -0.593. The van der Waals surface area contributed by atoms with Crippen molar-refractivity contribution in [2.45, 2.75) is 71.4 Å². The van der Waals surface area contributed by atoms with Crippen LogP contribution in [0.15, 0.2) is 18.2 Å². The number of nitrogens with zero attached hydrogens (tertiary/aromatic N) is 1. The number of halogens is 1. The Balaban J connectivity index is 1.79. The van der Waals surface area contributed by atoms with Gasteiger partial charge in [-0.15, -0.1) is 0 Å². The fourth-order valence-corrected chi connectivity index (χ4v) is 3.26. The molecule has 6 nitrogen and oxygen atoms in total. The van der Waals surface area contributed by atoms with E-state index in [9.17, 15) is 9.18 Å². The molecule has 0 aliphatic carbocycles. The van der Waals surface area contributed by atoms with Crippen LogP contribution >= 0.6 is 0 Å². The van der Waals surface area contributed by atoms with E-state index < -0.39 is 36.1 Å². The van der Waals surface area contributed by atoms with Crippen molar-refractivity contribution in [2.24, 2.45) is 0 Å². The molecule has 1 amide bonds. The average Bonchev–Trinajstić information content (AvgIpc) is 2.81. The molecule has 1 aromatic carbocycles. The third kappa shape index (κ3) is 4.76. The number of carbonyl (C=O) groups is 1. The van der Waals surface area contributed by atoms with Crippen LogP contribution in [0.25, 0.3) is 0 Å². The molecule has 2 aliphatic heterocycles. The summed E-state index contributed by atoms with van der Waals surface area (Å²) in [5.41, 5.74) is -0.460. The topological polar surface area (TPSA) is 57.2 Å². The van der Waals surface area contributed by atoms with Crippen LogP contribution in [-0.4, -0.2) is 54.6 Å². The first-order valence-corrected chi connectivity index (χ1v) is 10.0. The predicted molar refractivity (Wildman–Crippen MR) is 109 cm³/mol. The lowest BCUT2D eigenvalue weighted by molar-refractivity contribution is -0.0443. The second-order valence-corrected chi connectivity index (χ2v) is 9.65. The van der Waals surface area contributed by atoms with E-state index in [1.54, 1.807) is 17.0 Å². The molecule has 0 bridgehead atoms. The summed E-state index contributed by atoms with van der Waals surface area (Å²) in [5, 5.41) is 0. The van der Waals surface area contributed by atoms with E-state index in [-0.39, 0.29) is 12.4 Å². The van der Waals surface area contributed by atoms with Gasteiger partial charge in [-0.05, 0) is 60.0 Å². The molecule has 0 spiro atoms. The van der Waals surface area contributed by atoms with Crippen LogP contribution < -0.4 is 5.46 Å². The fourth-order valence-electron chi connectivity index (χ4n) is 3.26. The van der Waals surface area contributed by atoms with Gasteiger partial charge in [-0.2, -0.15) is 0 Å². The highest BCUT2D eigenvalue weighted by molar-refractivity contribution is 6.62. The molecule has 1 atom stereocenters. The van der Waals surface area contributed by atoms with Crippen molar-refractivity contribution in [3.63, 3.8) is 0 Å². The number of ether oxygens (including phenoxy) is 2. The molecule has 160 valence electrons. The Bertz CT molecular complexity index is 761. The highest BCUT2D eigenvalue weighted by atomic mass is 19.1. The van der Waals surface area contributed by atoms with E-state index in [2.05, 4.69) is 0 Å². The number of amides is 1. The number of carbonyl (C=O) groups excluding carboxylic acids is 1. The standard InChI is InChI=1S/C21H31BFNO5/c1-19(2,3)27-18(25)24-10-11-26-17(13-24)15-12-14(8-9-16(15)23)22-28-20(4,5)21(6,7)29-22/h8-9,12,17H,10-11,13H2,1-7H3. The fraction of sp³-hybridized carbons (Fsp3) is 0.667. The average molecular weight is 407 g/mol. The van der Waals surface area contributed by atoms with Gasteiger partial charge in [0, 0.05) is 12.1 Å². The number of hydrogen-bond donors (Lipinski definition) is 0. The Kier molecular flexibility index (Phi) is 5.75. The van der Waals surface area contributed by atoms with Gasteiger partial charge in [-0.25, -0.2) is 9.18 Å². The van der Waals surface area contributed by atoms with E-state index in [0.29, 0.717) is 18.7 Å². The van der Waals surface area contributed by atoms with Crippen LogP contribution in [0.1, 0.15) is 60.1 Å². The van der Waals surface area contributed by atoms with Crippen molar-refractivity contribution in [3.8, 4) is 0 Å². The van der Waals surface area contributed by atoms with E-state index in [4.69, 9.17) is 18.8 Å². The van der Waals surface area contributed by atoms with Crippen molar-refractivity contribution in [1.82, 2.24) is 4.90 Å². The number of rotatable bonds is 2. The van der Waals surface area contributed by atoms with Crippen LogP contribution in [-0.2, 0) is 18.8 Å². The maximum atomic E-state index is 14.6. The van der Waals surface area contributed by atoms with Crippen molar-refractivity contribution in [3.05, 3.63) is 29.6 Å². The zero-order chi connectivity index (χ0) is 21.6.